The Morgan fingerprint density at radius 1 is 1.24 bits per heavy atom. The second-order valence-electron chi connectivity index (χ2n) is 5.43. The fourth-order valence-electron chi connectivity index (χ4n) is 2.08. The molecule has 0 bridgehead atoms. The Bertz CT molecular complexity index is 675. The minimum absolute atomic E-state index is 0.185. The van der Waals surface area contributed by atoms with E-state index in [9.17, 15) is 8.42 Å². The number of thiazole rings is 1. The van der Waals surface area contributed by atoms with Crippen molar-refractivity contribution in [3.63, 3.8) is 0 Å². The van der Waals surface area contributed by atoms with Gasteiger partial charge in [0.15, 0.2) is 9.84 Å². The predicted molar refractivity (Wildman–Crippen MR) is 87.5 cm³/mol. The van der Waals surface area contributed by atoms with Gasteiger partial charge in [-0.25, -0.2) is 13.4 Å². The fourth-order valence-corrected chi connectivity index (χ4v) is 4.12. The van der Waals surface area contributed by atoms with Crippen molar-refractivity contribution in [2.24, 2.45) is 0 Å². The minimum atomic E-state index is -3.15. The number of nitrogens with one attached hydrogen (secondary N) is 1. The summed E-state index contributed by atoms with van der Waals surface area (Å²) in [5.41, 5.74) is 0.587. The number of sulfone groups is 1. The van der Waals surface area contributed by atoms with Crippen molar-refractivity contribution in [1.82, 2.24) is 4.98 Å². The molecule has 0 aliphatic rings. The third-order valence-corrected chi connectivity index (χ3v) is 6.14. The van der Waals surface area contributed by atoms with Gasteiger partial charge in [0.2, 0.25) is 0 Å². The van der Waals surface area contributed by atoms with Crippen molar-refractivity contribution in [2.45, 2.75) is 37.6 Å². The van der Waals surface area contributed by atoms with Gasteiger partial charge >= 0.3 is 0 Å². The number of hydrogen-bond acceptors (Lipinski definition) is 5. The van der Waals surface area contributed by atoms with Crippen molar-refractivity contribution in [3.8, 4) is 0 Å². The zero-order chi connectivity index (χ0) is 15.5. The van der Waals surface area contributed by atoms with E-state index in [0.717, 1.165) is 10.7 Å². The highest BCUT2D eigenvalue weighted by molar-refractivity contribution is 7.91. The first-order valence-corrected chi connectivity index (χ1v) is 9.39. The van der Waals surface area contributed by atoms with Gasteiger partial charge in [0.1, 0.15) is 5.01 Å². The molecule has 0 radical (unpaired) electrons. The molecule has 2 aromatic rings. The summed E-state index contributed by atoms with van der Waals surface area (Å²) < 4.78 is 24.0. The van der Waals surface area contributed by atoms with Crippen LogP contribution in [0.2, 0.25) is 0 Å². The first kappa shape index (κ1) is 16.0. The second-order valence-corrected chi connectivity index (χ2v) is 8.43. The second kappa shape index (κ2) is 6.15. The van der Waals surface area contributed by atoms with Gasteiger partial charge < -0.3 is 5.32 Å². The molecule has 114 valence electrons. The zero-order valence-electron chi connectivity index (χ0n) is 12.5. The normalized spacial score (nSPS) is 12.3. The van der Waals surface area contributed by atoms with Crippen LogP contribution in [0.3, 0.4) is 0 Å². The first-order chi connectivity index (χ1) is 9.85. The van der Waals surface area contributed by atoms with Crippen LogP contribution in [-0.4, -0.2) is 19.2 Å². The molecule has 0 unspecified atom stereocenters. The monoisotopic (exact) mass is 324 g/mol. The van der Waals surface area contributed by atoms with E-state index in [4.69, 9.17) is 0 Å². The number of aromatic nitrogens is 1. The van der Waals surface area contributed by atoms with Crippen molar-refractivity contribution in [1.29, 1.82) is 0 Å². The summed E-state index contributed by atoms with van der Waals surface area (Å²) in [6.07, 6.45) is 2.41. The molecule has 21 heavy (non-hydrogen) atoms. The first-order valence-electron chi connectivity index (χ1n) is 6.86. The molecule has 1 heterocycles. The van der Waals surface area contributed by atoms with Gasteiger partial charge in [-0.15, -0.1) is 11.3 Å². The van der Waals surface area contributed by atoms with Crippen molar-refractivity contribution in [3.05, 3.63) is 40.8 Å². The molecule has 6 heteroatoms. The van der Waals surface area contributed by atoms with Crippen LogP contribution in [0.4, 0.5) is 5.69 Å². The third kappa shape index (κ3) is 3.83. The van der Waals surface area contributed by atoms with E-state index in [0.29, 0.717) is 11.3 Å². The molecule has 0 aliphatic carbocycles. The smallest absolute Gasteiger partial charge is 0.178 e. The van der Waals surface area contributed by atoms with Crippen molar-refractivity contribution in [2.75, 3.05) is 11.1 Å². The highest BCUT2D eigenvalue weighted by Crippen LogP contribution is 2.27. The van der Waals surface area contributed by atoms with E-state index in [-0.39, 0.29) is 11.3 Å². The summed E-state index contributed by atoms with van der Waals surface area (Å²) >= 11 is 1.59. The Balaban J connectivity index is 2.17. The SMILES string of the molecule is CCCS(=O)(=O)c1ccc(NC(C)(C)c2nccs2)cc1. The summed E-state index contributed by atoms with van der Waals surface area (Å²) in [5.74, 6) is 0.185. The third-order valence-electron chi connectivity index (χ3n) is 3.11. The van der Waals surface area contributed by atoms with Gasteiger partial charge in [-0.1, -0.05) is 6.92 Å². The van der Waals surface area contributed by atoms with Crippen LogP contribution in [0.15, 0.2) is 40.7 Å². The maximum atomic E-state index is 12.0. The molecule has 0 saturated heterocycles. The fraction of sp³-hybridized carbons (Fsp3) is 0.400. The quantitative estimate of drug-likeness (QED) is 0.880. The molecule has 0 atom stereocenters. The molecule has 0 saturated carbocycles. The molecule has 1 N–H and O–H groups in total. The van der Waals surface area contributed by atoms with Crippen LogP contribution in [0.5, 0.6) is 0 Å². The van der Waals surface area contributed by atoms with E-state index in [2.05, 4.69) is 10.3 Å². The standard InChI is InChI=1S/C15H20N2O2S2/c1-4-11-21(18,19)13-7-5-12(6-8-13)17-15(2,3)14-16-9-10-20-14/h5-10,17H,4,11H2,1-3H3. The Kier molecular flexibility index (Phi) is 4.68. The highest BCUT2D eigenvalue weighted by atomic mass is 32.2. The largest absolute Gasteiger partial charge is 0.374 e. The maximum absolute atomic E-state index is 12.0. The van der Waals surface area contributed by atoms with Crippen LogP contribution < -0.4 is 5.32 Å². The Hall–Kier alpha value is -1.40. The zero-order valence-corrected chi connectivity index (χ0v) is 14.1. The lowest BCUT2D eigenvalue weighted by Gasteiger charge is -2.25. The number of hydrogen-bond donors (Lipinski definition) is 1. The van der Waals surface area contributed by atoms with Gasteiger partial charge in [-0.2, -0.15) is 0 Å². The average Bonchev–Trinajstić information content (AvgIpc) is 2.93. The molecule has 4 nitrogen and oxygen atoms in total. The summed E-state index contributed by atoms with van der Waals surface area (Å²) in [4.78, 5) is 4.70. The van der Waals surface area contributed by atoms with E-state index in [1.807, 2.05) is 26.2 Å². The molecule has 0 aliphatic heterocycles. The van der Waals surface area contributed by atoms with Gasteiger partial charge in [-0.3, -0.25) is 0 Å². The minimum Gasteiger partial charge on any atom is -0.374 e. The van der Waals surface area contributed by atoms with Gasteiger partial charge in [0.25, 0.3) is 0 Å². The molecule has 1 aromatic carbocycles. The topological polar surface area (TPSA) is 59.1 Å². The molecule has 2 rings (SSSR count). The Labute approximate surface area is 130 Å². The molecule has 0 spiro atoms. The average molecular weight is 324 g/mol. The number of benzene rings is 1. The molecule has 1 aromatic heterocycles. The summed E-state index contributed by atoms with van der Waals surface area (Å²) in [6.45, 7) is 5.96. The lowest BCUT2D eigenvalue weighted by Crippen LogP contribution is -2.27. The van der Waals surface area contributed by atoms with Crippen LogP contribution >= 0.6 is 11.3 Å². The molecule has 0 amide bonds. The number of anilines is 1. The molecular weight excluding hydrogens is 304 g/mol. The maximum Gasteiger partial charge on any atom is 0.178 e. The van der Waals surface area contributed by atoms with Crippen LogP contribution in [0.1, 0.15) is 32.2 Å². The lowest BCUT2D eigenvalue weighted by atomic mass is 10.1. The van der Waals surface area contributed by atoms with Gasteiger partial charge in [0.05, 0.1) is 16.2 Å². The van der Waals surface area contributed by atoms with Gasteiger partial charge in [0, 0.05) is 17.3 Å². The van der Waals surface area contributed by atoms with E-state index in [1.165, 1.54) is 0 Å². The van der Waals surface area contributed by atoms with E-state index < -0.39 is 9.84 Å². The van der Waals surface area contributed by atoms with Crippen LogP contribution in [0.25, 0.3) is 0 Å². The molecule has 0 fully saturated rings. The summed E-state index contributed by atoms with van der Waals surface area (Å²) in [5, 5.41) is 6.32. The number of nitrogens with zero attached hydrogens (tertiary/aromatic N) is 1. The molecular formula is C15H20N2O2S2. The van der Waals surface area contributed by atoms with Gasteiger partial charge in [-0.05, 0) is 44.5 Å². The van der Waals surface area contributed by atoms with Crippen molar-refractivity contribution < 1.29 is 8.42 Å². The summed E-state index contributed by atoms with van der Waals surface area (Å²) in [6, 6.07) is 6.92. The predicted octanol–water partition coefficient (Wildman–Crippen LogP) is 3.67. The van der Waals surface area contributed by atoms with E-state index >= 15 is 0 Å². The Morgan fingerprint density at radius 3 is 2.43 bits per heavy atom. The van der Waals surface area contributed by atoms with E-state index in [1.54, 1.807) is 41.8 Å². The number of rotatable bonds is 6. The highest BCUT2D eigenvalue weighted by Gasteiger charge is 2.23. The summed E-state index contributed by atoms with van der Waals surface area (Å²) in [7, 11) is -3.15. The van der Waals surface area contributed by atoms with Crippen molar-refractivity contribution >= 4 is 26.9 Å². The Morgan fingerprint density at radius 2 is 1.90 bits per heavy atom. The van der Waals surface area contributed by atoms with Crippen LogP contribution in [-0.2, 0) is 15.4 Å². The van der Waals surface area contributed by atoms with Crippen LogP contribution in [0, 0.1) is 0 Å². The lowest BCUT2D eigenvalue weighted by molar-refractivity contribution is 0.594.